The summed E-state index contributed by atoms with van der Waals surface area (Å²) >= 11 is 0. The number of fused-ring (bicyclic) bond motifs is 1. The van der Waals surface area contributed by atoms with Crippen molar-refractivity contribution in [2.75, 3.05) is 5.32 Å². The Balaban J connectivity index is 1.77. The van der Waals surface area contributed by atoms with Crippen LogP contribution in [0.15, 0.2) is 65.5 Å². The number of ketones is 1. The van der Waals surface area contributed by atoms with Crippen LogP contribution in [0.2, 0.25) is 0 Å². The molecule has 0 aliphatic rings. The molecule has 4 aromatic rings. The van der Waals surface area contributed by atoms with Crippen LogP contribution in [-0.4, -0.2) is 26.3 Å². The molecular formula is C20H16N4O3. The van der Waals surface area contributed by atoms with Crippen molar-refractivity contribution in [1.82, 2.24) is 14.6 Å². The number of rotatable bonds is 5. The minimum atomic E-state index is -0.274. The van der Waals surface area contributed by atoms with Gasteiger partial charge in [-0.15, -0.1) is 0 Å². The molecule has 0 unspecified atom stereocenters. The van der Waals surface area contributed by atoms with Gasteiger partial charge in [-0.25, -0.2) is 9.50 Å². The highest BCUT2D eigenvalue weighted by atomic mass is 16.3. The highest BCUT2D eigenvalue weighted by molar-refractivity contribution is 6.10. The summed E-state index contributed by atoms with van der Waals surface area (Å²) in [5.41, 5.74) is 3.10. The Morgan fingerprint density at radius 1 is 1.19 bits per heavy atom. The molecule has 3 aromatic heterocycles. The summed E-state index contributed by atoms with van der Waals surface area (Å²) < 4.78 is 6.80. The van der Waals surface area contributed by atoms with Crippen molar-refractivity contribution >= 4 is 23.0 Å². The third-order valence-corrected chi connectivity index (χ3v) is 4.15. The van der Waals surface area contributed by atoms with Gasteiger partial charge in [0, 0.05) is 23.9 Å². The van der Waals surface area contributed by atoms with Crippen molar-refractivity contribution in [1.29, 1.82) is 0 Å². The van der Waals surface area contributed by atoms with Crippen LogP contribution in [0.3, 0.4) is 0 Å². The predicted octanol–water partition coefficient (Wildman–Crippen LogP) is 3.57. The minimum Gasteiger partial charge on any atom is -0.461 e. The van der Waals surface area contributed by atoms with E-state index in [0.717, 1.165) is 11.3 Å². The van der Waals surface area contributed by atoms with Gasteiger partial charge in [-0.2, -0.15) is 5.10 Å². The molecular weight excluding hydrogens is 344 g/mol. The van der Waals surface area contributed by atoms with E-state index in [1.807, 2.05) is 30.3 Å². The predicted molar refractivity (Wildman–Crippen MR) is 99.5 cm³/mol. The Labute approximate surface area is 154 Å². The Kier molecular flexibility index (Phi) is 4.25. The van der Waals surface area contributed by atoms with Gasteiger partial charge in [0.2, 0.25) is 11.7 Å². The number of carbonyl (C=O) groups excluding carboxylic acids is 2. The summed E-state index contributed by atoms with van der Waals surface area (Å²) in [4.78, 5) is 28.6. The van der Waals surface area contributed by atoms with Crippen LogP contribution >= 0.6 is 0 Å². The van der Waals surface area contributed by atoms with Gasteiger partial charge in [-0.3, -0.25) is 9.59 Å². The van der Waals surface area contributed by atoms with E-state index >= 15 is 0 Å². The first-order chi connectivity index (χ1) is 13.2. The smallest absolute Gasteiger partial charge is 0.233 e. The Morgan fingerprint density at radius 2 is 2.07 bits per heavy atom. The van der Waals surface area contributed by atoms with E-state index in [1.54, 1.807) is 29.8 Å². The quantitative estimate of drug-likeness (QED) is 0.550. The summed E-state index contributed by atoms with van der Waals surface area (Å²) in [6.45, 7) is 1.80. The molecule has 0 spiro atoms. The Morgan fingerprint density at radius 3 is 2.85 bits per heavy atom. The molecule has 7 heteroatoms. The van der Waals surface area contributed by atoms with Gasteiger partial charge in [-0.1, -0.05) is 19.1 Å². The number of benzene rings is 1. The van der Waals surface area contributed by atoms with E-state index in [9.17, 15) is 9.59 Å². The fourth-order valence-electron chi connectivity index (χ4n) is 2.82. The average molecular weight is 360 g/mol. The summed E-state index contributed by atoms with van der Waals surface area (Å²) in [7, 11) is 0. The topological polar surface area (TPSA) is 89.5 Å². The fraction of sp³-hybridized carbons (Fsp3) is 0.100. The number of anilines is 1. The van der Waals surface area contributed by atoms with Gasteiger partial charge in [0.05, 0.1) is 23.7 Å². The SMILES string of the molecule is CCC(=O)Nc1cccc(-c2ccnc3c(C(=O)c4ccco4)cnn23)c1. The molecule has 0 saturated carbocycles. The number of aromatic nitrogens is 3. The third-order valence-electron chi connectivity index (χ3n) is 4.15. The molecule has 3 heterocycles. The van der Waals surface area contributed by atoms with Crippen molar-refractivity contribution in [2.45, 2.75) is 13.3 Å². The van der Waals surface area contributed by atoms with Gasteiger partial charge in [-0.05, 0) is 30.3 Å². The lowest BCUT2D eigenvalue weighted by molar-refractivity contribution is -0.115. The van der Waals surface area contributed by atoms with Crippen molar-refractivity contribution < 1.29 is 14.0 Å². The standard InChI is InChI=1S/C20H16N4O3/c1-2-18(25)23-14-6-3-5-13(11-14)16-8-9-21-20-15(12-22-24(16)20)19(26)17-7-4-10-27-17/h3-12H,2H2,1H3,(H,23,25). The van der Waals surface area contributed by atoms with E-state index < -0.39 is 0 Å². The molecule has 27 heavy (non-hydrogen) atoms. The van der Waals surface area contributed by atoms with Gasteiger partial charge < -0.3 is 9.73 Å². The van der Waals surface area contributed by atoms with E-state index in [-0.39, 0.29) is 17.5 Å². The second-order valence-corrected chi connectivity index (χ2v) is 5.91. The molecule has 1 aromatic carbocycles. The van der Waals surface area contributed by atoms with Crippen LogP contribution in [0.25, 0.3) is 16.9 Å². The lowest BCUT2D eigenvalue weighted by atomic mass is 10.1. The zero-order chi connectivity index (χ0) is 18.8. The van der Waals surface area contributed by atoms with Gasteiger partial charge >= 0.3 is 0 Å². The summed E-state index contributed by atoms with van der Waals surface area (Å²) in [6.07, 6.45) is 4.97. The molecule has 7 nitrogen and oxygen atoms in total. The lowest BCUT2D eigenvalue weighted by Crippen LogP contribution is -2.09. The third kappa shape index (κ3) is 3.10. The van der Waals surface area contributed by atoms with Gasteiger partial charge in [0.25, 0.3) is 0 Å². The molecule has 0 radical (unpaired) electrons. The van der Waals surface area contributed by atoms with Crippen molar-refractivity contribution in [2.24, 2.45) is 0 Å². The molecule has 0 aliphatic heterocycles. The molecule has 4 rings (SSSR count). The van der Waals surface area contributed by atoms with E-state index in [4.69, 9.17) is 4.42 Å². The maximum absolute atomic E-state index is 12.6. The van der Waals surface area contributed by atoms with Crippen molar-refractivity contribution in [3.8, 4) is 11.3 Å². The normalized spacial score (nSPS) is 10.9. The number of hydrogen-bond acceptors (Lipinski definition) is 5. The first-order valence-corrected chi connectivity index (χ1v) is 8.48. The minimum absolute atomic E-state index is 0.0579. The summed E-state index contributed by atoms with van der Waals surface area (Å²) in [5.74, 6) is -0.0950. The molecule has 0 saturated heterocycles. The highest BCUT2D eigenvalue weighted by Gasteiger charge is 2.19. The van der Waals surface area contributed by atoms with E-state index in [1.165, 1.54) is 12.5 Å². The lowest BCUT2D eigenvalue weighted by Gasteiger charge is -2.08. The van der Waals surface area contributed by atoms with Crippen LogP contribution < -0.4 is 5.32 Å². The molecule has 134 valence electrons. The summed E-state index contributed by atoms with van der Waals surface area (Å²) in [6, 6.07) is 12.5. The number of nitrogens with zero attached hydrogens (tertiary/aromatic N) is 3. The maximum atomic E-state index is 12.6. The Bertz CT molecular complexity index is 1130. The van der Waals surface area contributed by atoms with Gasteiger partial charge in [0.1, 0.15) is 0 Å². The molecule has 0 aliphatic carbocycles. The molecule has 0 atom stereocenters. The molecule has 0 fully saturated rings. The fourth-order valence-corrected chi connectivity index (χ4v) is 2.82. The molecule has 0 bridgehead atoms. The number of hydrogen-bond donors (Lipinski definition) is 1. The average Bonchev–Trinajstić information content (AvgIpc) is 3.37. The molecule has 1 N–H and O–H groups in total. The maximum Gasteiger partial charge on any atom is 0.233 e. The second-order valence-electron chi connectivity index (χ2n) is 5.91. The number of furan rings is 1. The first-order valence-electron chi connectivity index (χ1n) is 8.48. The first kappa shape index (κ1) is 16.7. The van der Waals surface area contributed by atoms with Crippen LogP contribution in [0.5, 0.6) is 0 Å². The zero-order valence-corrected chi connectivity index (χ0v) is 14.5. The summed E-state index contributed by atoms with van der Waals surface area (Å²) in [5, 5.41) is 7.18. The zero-order valence-electron chi connectivity index (χ0n) is 14.5. The number of carbonyl (C=O) groups is 2. The number of nitrogens with one attached hydrogen (secondary N) is 1. The van der Waals surface area contributed by atoms with E-state index in [0.29, 0.717) is 23.3 Å². The largest absolute Gasteiger partial charge is 0.461 e. The van der Waals surface area contributed by atoms with Crippen LogP contribution in [-0.2, 0) is 4.79 Å². The number of amides is 1. The monoisotopic (exact) mass is 360 g/mol. The van der Waals surface area contributed by atoms with Crippen molar-refractivity contribution in [3.63, 3.8) is 0 Å². The van der Waals surface area contributed by atoms with Crippen LogP contribution in [0, 0.1) is 0 Å². The molecule has 1 amide bonds. The van der Waals surface area contributed by atoms with Gasteiger partial charge in [0.15, 0.2) is 11.4 Å². The van der Waals surface area contributed by atoms with Crippen molar-refractivity contribution in [3.05, 3.63) is 72.4 Å². The van der Waals surface area contributed by atoms with Crippen LogP contribution in [0.1, 0.15) is 29.5 Å². The van der Waals surface area contributed by atoms with E-state index in [2.05, 4.69) is 15.4 Å². The second kappa shape index (κ2) is 6.87. The Hall–Kier alpha value is -3.74. The van der Waals surface area contributed by atoms with Crippen LogP contribution in [0.4, 0.5) is 5.69 Å². The highest BCUT2D eigenvalue weighted by Crippen LogP contribution is 2.24.